The Kier molecular flexibility index (Phi) is 4.06. The topological polar surface area (TPSA) is 84.8 Å². The zero-order valence-electron chi connectivity index (χ0n) is 8.57. The third-order valence-electron chi connectivity index (χ3n) is 1.66. The minimum Gasteiger partial charge on any atom is -0.323 e. The minimum absolute atomic E-state index is 0.745. The van der Waals surface area contributed by atoms with Gasteiger partial charge in [-0.25, -0.2) is 13.2 Å². The van der Waals surface area contributed by atoms with Gasteiger partial charge in [0.05, 0.1) is 6.21 Å². The van der Waals surface area contributed by atoms with Crippen molar-refractivity contribution >= 4 is 22.1 Å². The standard InChI is InChI=1S/C7H14N2O4S/c1-7(2,14(4,11)12)5-9-13-6(10)8-3/h5H,1-4H3,(H,8,10)/b9-5+/i3+1,6+1. The molecule has 0 atom stereocenters. The Morgan fingerprint density at radius 3 is 2.36 bits per heavy atom. The fourth-order valence-corrected chi connectivity index (χ4v) is 0.577. The first-order valence-electron chi connectivity index (χ1n) is 3.83. The molecule has 0 aliphatic rings. The summed E-state index contributed by atoms with van der Waals surface area (Å²) < 4.78 is 21.2. The average Bonchev–Trinajstić information content (AvgIpc) is 2.01. The van der Waals surface area contributed by atoms with Crippen molar-refractivity contribution in [3.8, 4) is 0 Å². The van der Waals surface area contributed by atoms with Crippen LogP contribution in [-0.4, -0.2) is 38.8 Å². The molecule has 6 nitrogen and oxygen atoms in total. The van der Waals surface area contributed by atoms with Crippen LogP contribution in [0.25, 0.3) is 0 Å². The van der Waals surface area contributed by atoms with Gasteiger partial charge in [-0.3, -0.25) is 4.84 Å². The molecular weight excluding hydrogens is 210 g/mol. The third kappa shape index (κ3) is 3.73. The van der Waals surface area contributed by atoms with E-state index in [4.69, 9.17) is 0 Å². The SMILES string of the molecule is CC(C)(/C=N/O[13C](=O)N[13CH3])S(C)(=O)=O. The number of nitrogens with zero attached hydrogens (tertiary/aromatic N) is 1. The lowest BCUT2D eigenvalue weighted by Crippen LogP contribution is -2.32. The summed E-state index contributed by atoms with van der Waals surface area (Å²) in [5, 5.41) is 5.43. The highest BCUT2D eigenvalue weighted by atomic mass is 32.2. The number of nitrogens with one attached hydrogen (secondary N) is 1. The van der Waals surface area contributed by atoms with Crippen LogP contribution in [0.2, 0.25) is 0 Å². The summed E-state index contributed by atoms with van der Waals surface area (Å²) in [6, 6.07) is 0. The third-order valence-corrected chi connectivity index (χ3v) is 3.68. The second kappa shape index (κ2) is 4.41. The Hall–Kier alpha value is -1.11. The van der Waals surface area contributed by atoms with E-state index in [0.29, 0.717) is 0 Å². The van der Waals surface area contributed by atoms with Crippen LogP contribution >= 0.6 is 0 Å². The molecule has 14 heavy (non-hydrogen) atoms. The molecule has 7 heteroatoms. The van der Waals surface area contributed by atoms with E-state index in [9.17, 15) is 13.2 Å². The van der Waals surface area contributed by atoms with Crippen LogP contribution in [0.4, 0.5) is 4.79 Å². The molecule has 82 valence electrons. The number of oxime groups is 1. The zero-order chi connectivity index (χ0) is 11.4. The highest BCUT2D eigenvalue weighted by Crippen LogP contribution is 2.11. The maximum atomic E-state index is 11.2. The van der Waals surface area contributed by atoms with Gasteiger partial charge in [-0.05, 0) is 13.8 Å². The molecule has 0 rings (SSSR count). The Labute approximate surface area is 83.2 Å². The van der Waals surface area contributed by atoms with Gasteiger partial charge in [0, 0.05) is 13.3 Å². The van der Waals surface area contributed by atoms with Crippen LogP contribution in [0, 0.1) is 0 Å². The molecule has 0 aromatic carbocycles. The number of amides is 1. The second-order valence-corrected chi connectivity index (χ2v) is 5.84. The molecular formula is C7H14N2O4S. The molecule has 0 bridgehead atoms. The molecule has 0 saturated heterocycles. The molecule has 1 amide bonds. The zero-order valence-corrected chi connectivity index (χ0v) is 9.38. The number of sulfone groups is 1. The lowest BCUT2D eigenvalue weighted by Gasteiger charge is -2.15. The number of rotatable bonds is 3. The van der Waals surface area contributed by atoms with Crippen molar-refractivity contribution < 1.29 is 18.0 Å². The Morgan fingerprint density at radius 2 is 2.00 bits per heavy atom. The quantitative estimate of drug-likeness (QED) is 0.320. The van der Waals surface area contributed by atoms with Crippen molar-refractivity contribution in [3.63, 3.8) is 0 Å². The first-order valence-corrected chi connectivity index (χ1v) is 5.72. The normalized spacial score (nSPS) is 12.9. The van der Waals surface area contributed by atoms with E-state index in [1.165, 1.54) is 20.9 Å². The molecule has 0 aromatic rings. The van der Waals surface area contributed by atoms with Gasteiger partial charge in [0.25, 0.3) is 0 Å². The van der Waals surface area contributed by atoms with Crippen LogP contribution in [0.3, 0.4) is 0 Å². The predicted molar refractivity (Wildman–Crippen MR) is 53.0 cm³/mol. The fourth-order valence-electron chi connectivity index (χ4n) is 0.343. The molecule has 0 aliphatic carbocycles. The van der Waals surface area contributed by atoms with Crippen molar-refractivity contribution in [2.45, 2.75) is 18.6 Å². The van der Waals surface area contributed by atoms with E-state index in [2.05, 4.69) is 15.3 Å². The smallest absolute Gasteiger partial charge is 0.323 e. The number of hydrogen-bond acceptors (Lipinski definition) is 5. The molecule has 0 radical (unpaired) electrons. The summed E-state index contributed by atoms with van der Waals surface area (Å²) in [6.07, 6.45) is 1.40. The van der Waals surface area contributed by atoms with Crippen molar-refractivity contribution in [3.05, 3.63) is 0 Å². The highest BCUT2D eigenvalue weighted by Gasteiger charge is 2.28. The van der Waals surface area contributed by atoms with Gasteiger partial charge >= 0.3 is 6.09 Å². The van der Waals surface area contributed by atoms with Gasteiger partial charge in [-0.1, -0.05) is 5.16 Å². The maximum absolute atomic E-state index is 11.2. The summed E-state index contributed by atoms with van der Waals surface area (Å²) in [4.78, 5) is 14.8. The van der Waals surface area contributed by atoms with E-state index in [1.807, 2.05) is 0 Å². The highest BCUT2D eigenvalue weighted by molar-refractivity contribution is 7.92. The van der Waals surface area contributed by atoms with Gasteiger partial charge in [0.2, 0.25) is 0 Å². The first-order chi connectivity index (χ1) is 6.20. The Bertz CT molecular complexity index is 332. The summed E-state index contributed by atoms with van der Waals surface area (Å²) in [6.45, 7) is 2.91. The molecule has 0 saturated carbocycles. The van der Waals surface area contributed by atoms with Crippen molar-refractivity contribution in [1.82, 2.24) is 5.32 Å². The molecule has 0 heterocycles. The first kappa shape index (κ1) is 12.9. The molecule has 0 spiro atoms. The van der Waals surface area contributed by atoms with Gasteiger partial charge < -0.3 is 5.32 Å². The van der Waals surface area contributed by atoms with Crippen molar-refractivity contribution in [1.29, 1.82) is 0 Å². The number of carbonyl (C=O) groups excluding carboxylic acids is 1. The summed E-state index contributed by atoms with van der Waals surface area (Å²) in [5.41, 5.74) is 0. The summed E-state index contributed by atoms with van der Waals surface area (Å²) in [5.74, 6) is 0. The van der Waals surface area contributed by atoms with Crippen LogP contribution in [0.15, 0.2) is 5.16 Å². The van der Waals surface area contributed by atoms with E-state index in [1.54, 1.807) is 0 Å². The lowest BCUT2D eigenvalue weighted by atomic mass is 10.2. The van der Waals surface area contributed by atoms with E-state index in [0.717, 1.165) is 12.5 Å². The van der Waals surface area contributed by atoms with Gasteiger partial charge in [-0.2, -0.15) is 0 Å². The van der Waals surface area contributed by atoms with Gasteiger partial charge in [0.15, 0.2) is 9.84 Å². The van der Waals surface area contributed by atoms with Crippen LogP contribution in [0.5, 0.6) is 0 Å². The number of hydrogen-bond donors (Lipinski definition) is 1. The molecule has 0 aliphatic heterocycles. The Balaban J connectivity index is 4.46. The van der Waals surface area contributed by atoms with Crippen molar-refractivity contribution in [2.24, 2.45) is 5.16 Å². The van der Waals surface area contributed by atoms with Crippen LogP contribution in [-0.2, 0) is 14.7 Å². The Morgan fingerprint density at radius 1 is 1.50 bits per heavy atom. The van der Waals surface area contributed by atoms with E-state index >= 15 is 0 Å². The molecule has 0 unspecified atom stereocenters. The van der Waals surface area contributed by atoms with E-state index in [-0.39, 0.29) is 0 Å². The summed E-state index contributed by atoms with van der Waals surface area (Å²) in [7, 11) is -1.89. The van der Waals surface area contributed by atoms with Gasteiger partial charge in [-0.15, -0.1) is 0 Å². The monoisotopic (exact) mass is 224 g/mol. The van der Waals surface area contributed by atoms with E-state index < -0.39 is 20.7 Å². The van der Waals surface area contributed by atoms with Crippen LogP contribution in [0.1, 0.15) is 13.8 Å². The lowest BCUT2D eigenvalue weighted by molar-refractivity contribution is 0.153. The van der Waals surface area contributed by atoms with Gasteiger partial charge in [0.1, 0.15) is 4.75 Å². The minimum atomic E-state index is -3.27. The maximum Gasteiger partial charge on any atom is 0.433 e. The van der Waals surface area contributed by atoms with Crippen molar-refractivity contribution in [2.75, 3.05) is 13.3 Å². The second-order valence-electron chi connectivity index (χ2n) is 3.24. The number of carbonyl (C=O) groups is 1. The fraction of sp³-hybridized carbons (Fsp3) is 0.714. The summed E-state index contributed by atoms with van der Waals surface area (Å²) >= 11 is 0. The van der Waals surface area contributed by atoms with Crippen LogP contribution < -0.4 is 5.32 Å². The molecule has 0 fully saturated rings. The largest absolute Gasteiger partial charge is 0.433 e. The average molecular weight is 224 g/mol. The molecule has 0 aromatic heterocycles. The molecule has 1 N–H and O–H groups in total. The predicted octanol–water partition coefficient (Wildman–Crippen LogP) is 0.151.